The summed E-state index contributed by atoms with van der Waals surface area (Å²) in [5.74, 6) is -0.0592. The zero-order valence-electron chi connectivity index (χ0n) is 7.55. The maximum Gasteiger partial charge on any atom is 0.135 e. The van der Waals surface area contributed by atoms with Gasteiger partial charge >= 0.3 is 0 Å². The molecule has 0 spiro atoms. The molecule has 0 heterocycles. The molecule has 0 saturated heterocycles. The van der Waals surface area contributed by atoms with Gasteiger partial charge in [0.1, 0.15) is 10.8 Å². The number of phenolic OH excluding ortho intramolecular Hbond substituents is 1. The smallest absolute Gasteiger partial charge is 0.135 e. The molecule has 0 amide bonds. The van der Waals surface area contributed by atoms with Crippen molar-refractivity contribution < 1.29 is 9.32 Å². The summed E-state index contributed by atoms with van der Waals surface area (Å²) in [6.07, 6.45) is 3.28. The Hall–Kier alpha value is 0.0400. The van der Waals surface area contributed by atoms with Gasteiger partial charge in [-0.2, -0.15) is 0 Å². The largest absolute Gasteiger partial charge is 0.506 e. The van der Waals surface area contributed by atoms with Crippen molar-refractivity contribution in [1.82, 2.24) is 0 Å². The Morgan fingerprint density at radius 1 is 1.14 bits per heavy atom. The molecule has 80 valence electrons. The van der Waals surface area contributed by atoms with Gasteiger partial charge in [-0.25, -0.2) is 0 Å². The molecule has 0 aliphatic carbocycles. The fourth-order valence-electron chi connectivity index (χ4n) is 0.516. The average molecular weight is 276 g/mol. The van der Waals surface area contributed by atoms with Crippen molar-refractivity contribution in [2.24, 2.45) is 0 Å². The molecule has 0 aliphatic heterocycles. The Balaban J connectivity index is 0.000000364. The fourth-order valence-corrected chi connectivity index (χ4v) is 1.05. The number of phenols is 1. The van der Waals surface area contributed by atoms with Crippen LogP contribution in [0.5, 0.6) is 5.75 Å². The highest BCUT2D eigenvalue weighted by molar-refractivity contribution is 7.83. The second kappa shape index (κ2) is 6.51. The Morgan fingerprint density at radius 2 is 1.57 bits per heavy atom. The topological polar surface area (TPSA) is 37.3 Å². The van der Waals surface area contributed by atoms with Crippen molar-refractivity contribution in [3.05, 3.63) is 27.2 Å². The lowest BCUT2D eigenvalue weighted by Gasteiger charge is -1.99. The summed E-state index contributed by atoms with van der Waals surface area (Å²) in [4.78, 5) is 0. The maximum absolute atomic E-state index is 9.56. The van der Waals surface area contributed by atoms with Gasteiger partial charge in [0.25, 0.3) is 0 Å². The minimum absolute atomic E-state index is 0.0592. The van der Waals surface area contributed by atoms with Gasteiger partial charge < -0.3 is 5.11 Å². The van der Waals surface area contributed by atoms with Gasteiger partial charge in [-0.3, -0.25) is 4.21 Å². The van der Waals surface area contributed by atoms with Crippen molar-refractivity contribution in [3.8, 4) is 5.75 Å². The van der Waals surface area contributed by atoms with Crippen LogP contribution in [0.3, 0.4) is 0 Å². The lowest BCUT2D eigenvalue weighted by atomic mass is 10.3. The zero-order chi connectivity index (χ0) is 11.3. The van der Waals surface area contributed by atoms with Crippen LogP contribution in [-0.2, 0) is 10.8 Å². The first-order valence-electron chi connectivity index (χ1n) is 3.43. The maximum atomic E-state index is 9.56. The third-order valence-corrected chi connectivity index (χ3v) is 2.30. The van der Waals surface area contributed by atoms with Crippen LogP contribution in [-0.4, -0.2) is 21.8 Å². The van der Waals surface area contributed by atoms with Crippen LogP contribution in [0.4, 0.5) is 0 Å². The molecule has 0 atom stereocenters. The van der Waals surface area contributed by atoms with E-state index in [-0.39, 0.29) is 15.8 Å². The molecular formula is C8H9Cl3O2S. The highest BCUT2D eigenvalue weighted by Gasteiger charge is 2.06. The Labute approximate surface area is 100 Å². The minimum Gasteiger partial charge on any atom is -0.506 e. The standard InChI is InChI=1S/C6H3Cl3O.C2H6OS/c7-3-1-2-4(10)6(9)5(3)8;1-4(2)3/h1-2,10H;1-2H3. The molecule has 0 saturated carbocycles. The first-order chi connectivity index (χ1) is 6.36. The second-order valence-corrected chi connectivity index (χ2v) is 5.08. The normalized spacial score (nSPS) is 9.57. The van der Waals surface area contributed by atoms with E-state index in [4.69, 9.17) is 39.9 Å². The molecule has 1 aromatic rings. The van der Waals surface area contributed by atoms with Crippen LogP contribution in [0.25, 0.3) is 0 Å². The van der Waals surface area contributed by atoms with E-state index in [1.165, 1.54) is 12.1 Å². The quantitative estimate of drug-likeness (QED) is 0.737. The van der Waals surface area contributed by atoms with E-state index in [1.54, 1.807) is 12.5 Å². The van der Waals surface area contributed by atoms with E-state index in [0.29, 0.717) is 5.02 Å². The predicted molar refractivity (Wildman–Crippen MR) is 63.1 cm³/mol. The predicted octanol–water partition coefficient (Wildman–Crippen LogP) is 3.35. The summed E-state index contributed by atoms with van der Waals surface area (Å²) in [7, 11) is -0.611. The van der Waals surface area contributed by atoms with E-state index in [0.717, 1.165) is 0 Å². The summed E-state index contributed by atoms with van der Waals surface area (Å²) in [5.41, 5.74) is 0. The lowest BCUT2D eigenvalue weighted by Crippen LogP contribution is -1.71. The molecule has 0 radical (unpaired) electrons. The van der Waals surface area contributed by atoms with Crippen molar-refractivity contribution in [1.29, 1.82) is 0 Å². The highest BCUT2D eigenvalue weighted by atomic mass is 35.5. The summed E-state index contributed by atoms with van der Waals surface area (Å²) >= 11 is 16.6. The van der Waals surface area contributed by atoms with Crippen LogP contribution in [0.15, 0.2) is 12.1 Å². The van der Waals surface area contributed by atoms with Crippen LogP contribution in [0.2, 0.25) is 15.1 Å². The molecule has 2 nitrogen and oxygen atoms in total. The third kappa shape index (κ3) is 5.05. The van der Waals surface area contributed by atoms with Crippen molar-refractivity contribution in [3.63, 3.8) is 0 Å². The lowest BCUT2D eigenvalue weighted by molar-refractivity contribution is 0.475. The van der Waals surface area contributed by atoms with E-state index in [1.807, 2.05) is 0 Å². The molecule has 0 bridgehead atoms. The van der Waals surface area contributed by atoms with Gasteiger partial charge in [0.15, 0.2) is 0 Å². The highest BCUT2D eigenvalue weighted by Crippen LogP contribution is 2.35. The summed E-state index contributed by atoms with van der Waals surface area (Å²) in [6, 6.07) is 2.86. The monoisotopic (exact) mass is 274 g/mol. The minimum atomic E-state index is -0.611. The number of hydrogen-bond acceptors (Lipinski definition) is 2. The Morgan fingerprint density at radius 3 is 1.93 bits per heavy atom. The molecule has 0 aromatic heterocycles. The number of aromatic hydroxyl groups is 1. The third-order valence-electron chi connectivity index (χ3n) is 1.01. The van der Waals surface area contributed by atoms with Gasteiger partial charge in [0.05, 0.1) is 10.0 Å². The first-order valence-corrected chi connectivity index (χ1v) is 6.53. The Kier molecular flexibility index (Phi) is 6.53. The van der Waals surface area contributed by atoms with Crippen molar-refractivity contribution in [2.75, 3.05) is 12.5 Å². The molecular weight excluding hydrogens is 267 g/mol. The van der Waals surface area contributed by atoms with Crippen LogP contribution in [0, 0.1) is 0 Å². The number of halogens is 3. The van der Waals surface area contributed by atoms with Gasteiger partial charge in [0, 0.05) is 23.3 Å². The van der Waals surface area contributed by atoms with Crippen LogP contribution < -0.4 is 0 Å². The van der Waals surface area contributed by atoms with Crippen molar-refractivity contribution >= 4 is 45.6 Å². The SMILES string of the molecule is CS(C)=O.Oc1ccc(Cl)c(Cl)c1Cl. The summed E-state index contributed by atoms with van der Waals surface area (Å²) in [6.45, 7) is 0. The average Bonchev–Trinajstić information content (AvgIpc) is 2.07. The molecule has 1 aromatic carbocycles. The summed E-state index contributed by atoms with van der Waals surface area (Å²) in [5, 5.41) is 9.56. The van der Waals surface area contributed by atoms with Gasteiger partial charge in [-0.15, -0.1) is 0 Å². The van der Waals surface area contributed by atoms with Gasteiger partial charge in [-0.05, 0) is 12.1 Å². The van der Waals surface area contributed by atoms with Crippen molar-refractivity contribution in [2.45, 2.75) is 0 Å². The summed E-state index contributed by atoms with van der Waals surface area (Å²) < 4.78 is 9.56. The van der Waals surface area contributed by atoms with E-state index in [9.17, 15) is 4.21 Å². The molecule has 6 heteroatoms. The van der Waals surface area contributed by atoms with E-state index in [2.05, 4.69) is 0 Å². The van der Waals surface area contributed by atoms with Crippen LogP contribution in [0.1, 0.15) is 0 Å². The second-order valence-electron chi connectivity index (χ2n) is 2.44. The van der Waals surface area contributed by atoms with E-state index >= 15 is 0 Å². The molecule has 0 fully saturated rings. The van der Waals surface area contributed by atoms with E-state index < -0.39 is 10.8 Å². The molecule has 1 rings (SSSR count). The first kappa shape index (κ1) is 14.0. The van der Waals surface area contributed by atoms with Gasteiger partial charge in [0.2, 0.25) is 0 Å². The van der Waals surface area contributed by atoms with Gasteiger partial charge in [-0.1, -0.05) is 34.8 Å². The zero-order valence-corrected chi connectivity index (χ0v) is 10.6. The molecule has 0 unspecified atom stereocenters. The molecule has 1 N–H and O–H groups in total. The molecule has 0 aliphatic rings. The van der Waals surface area contributed by atoms with Crippen LogP contribution >= 0.6 is 34.8 Å². The number of benzene rings is 1. The fraction of sp³-hybridized carbons (Fsp3) is 0.250. The number of hydrogen-bond donors (Lipinski definition) is 1. The molecule has 14 heavy (non-hydrogen) atoms. The Bertz CT molecular complexity index is 311. The number of rotatable bonds is 0.